The Morgan fingerprint density at radius 3 is 2.33 bits per heavy atom. The third-order valence-electron chi connectivity index (χ3n) is 4.90. The van der Waals surface area contributed by atoms with E-state index in [0.29, 0.717) is 10.8 Å². The van der Waals surface area contributed by atoms with Crippen LogP contribution in [0, 0.1) is 22.7 Å². The van der Waals surface area contributed by atoms with Crippen LogP contribution in [0.2, 0.25) is 0 Å². The van der Waals surface area contributed by atoms with E-state index in [1.165, 1.54) is 32.1 Å². The zero-order valence-electron chi connectivity index (χ0n) is 11.7. The average Bonchev–Trinajstić information content (AvgIpc) is 2.72. The summed E-state index contributed by atoms with van der Waals surface area (Å²) in [6.07, 6.45) is 7.00. The maximum atomic E-state index is 2.48. The monoisotopic (exact) mass is 210 g/mol. The summed E-state index contributed by atoms with van der Waals surface area (Å²) >= 11 is 0. The lowest BCUT2D eigenvalue weighted by Crippen LogP contribution is -2.21. The summed E-state index contributed by atoms with van der Waals surface area (Å²) in [5, 5.41) is 0. The summed E-state index contributed by atoms with van der Waals surface area (Å²) in [5.41, 5.74) is 1.23. The van der Waals surface area contributed by atoms with Crippen LogP contribution in [0.5, 0.6) is 0 Å². The van der Waals surface area contributed by atoms with Crippen molar-refractivity contribution in [3.8, 4) is 0 Å². The van der Waals surface area contributed by atoms with E-state index in [4.69, 9.17) is 0 Å². The molecule has 1 rings (SSSR count). The smallest absolute Gasteiger partial charge is 0.0271 e. The first-order valence-corrected chi connectivity index (χ1v) is 6.82. The summed E-state index contributed by atoms with van der Waals surface area (Å²) < 4.78 is 0. The highest BCUT2D eigenvalue weighted by Gasteiger charge is 2.50. The Morgan fingerprint density at radius 2 is 1.93 bits per heavy atom. The van der Waals surface area contributed by atoms with E-state index in [-0.39, 0.29) is 0 Å². The molecule has 3 unspecified atom stereocenters. The molecule has 0 aromatic carbocycles. The Labute approximate surface area is 96.8 Å². The lowest BCUT2D eigenvalue weighted by Gasteiger charge is -2.31. The van der Waals surface area contributed by atoms with Crippen molar-refractivity contribution in [2.24, 2.45) is 22.7 Å². The Bertz CT molecular complexity index is 204. The molecule has 0 aromatic rings. The Morgan fingerprint density at radius 1 is 1.40 bits per heavy atom. The largest absolute Gasteiger partial charge is 0.0654 e. The molecule has 0 spiro atoms. The third-order valence-corrected chi connectivity index (χ3v) is 4.90. The molecule has 1 aliphatic carbocycles. The van der Waals surface area contributed by atoms with Gasteiger partial charge >= 0.3 is 0 Å². The minimum atomic E-state index is 0.556. The normalized spacial score (nSPS) is 32.8. The predicted octanol–water partition coefficient (Wildman–Crippen LogP) is 5.28. The summed E-state index contributed by atoms with van der Waals surface area (Å²) in [6.45, 7) is 14.6. The molecule has 3 atom stereocenters. The molecule has 0 N–H and O–H groups in total. The zero-order chi connectivity index (χ0) is 11.7. The number of hydrogen-bond acceptors (Lipinski definition) is 0. The quantitative estimate of drug-likeness (QED) is 0.560. The highest BCUT2D eigenvalue weighted by Crippen LogP contribution is 2.59. The first-order chi connectivity index (χ1) is 6.82. The van der Waals surface area contributed by atoms with Crippen molar-refractivity contribution in [2.45, 2.75) is 73.6 Å². The fraction of sp³-hybridized carbons (Fsp3) is 1.00. The highest BCUT2D eigenvalue weighted by molar-refractivity contribution is 5.00. The third kappa shape index (κ3) is 3.23. The molecule has 15 heavy (non-hydrogen) atoms. The van der Waals surface area contributed by atoms with Crippen molar-refractivity contribution in [3.05, 3.63) is 0 Å². The molecule has 0 amide bonds. The second kappa shape index (κ2) is 4.47. The van der Waals surface area contributed by atoms with Crippen molar-refractivity contribution >= 4 is 0 Å². The van der Waals surface area contributed by atoms with E-state index in [9.17, 15) is 0 Å². The van der Waals surface area contributed by atoms with Gasteiger partial charge in [-0.2, -0.15) is 0 Å². The molecule has 0 heterocycles. The van der Waals surface area contributed by atoms with Gasteiger partial charge in [-0.25, -0.2) is 0 Å². The first-order valence-electron chi connectivity index (χ1n) is 6.82. The van der Waals surface area contributed by atoms with E-state index in [2.05, 4.69) is 41.5 Å². The van der Waals surface area contributed by atoms with Crippen molar-refractivity contribution in [3.63, 3.8) is 0 Å². The van der Waals surface area contributed by atoms with Crippen LogP contribution in [-0.2, 0) is 0 Å². The van der Waals surface area contributed by atoms with Gasteiger partial charge in [0.2, 0.25) is 0 Å². The predicted molar refractivity (Wildman–Crippen MR) is 69.0 cm³/mol. The minimum absolute atomic E-state index is 0.556. The van der Waals surface area contributed by atoms with Crippen LogP contribution in [0.1, 0.15) is 73.6 Å². The molecule has 1 fully saturated rings. The fourth-order valence-electron chi connectivity index (χ4n) is 3.11. The maximum Gasteiger partial charge on any atom is -0.0271 e. The first kappa shape index (κ1) is 13.1. The SMILES string of the molecule is CCCCC(C)(C)CC(C)C1(C)CC1C. The molecule has 1 aliphatic rings. The van der Waals surface area contributed by atoms with E-state index in [0.717, 1.165) is 11.8 Å². The van der Waals surface area contributed by atoms with Crippen molar-refractivity contribution < 1.29 is 0 Å². The molecule has 0 aromatic heterocycles. The van der Waals surface area contributed by atoms with Gasteiger partial charge in [-0.15, -0.1) is 0 Å². The van der Waals surface area contributed by atoms with Gasteiger partial charge in [-0.05, 0) is 41.9 Å². The number of rotatable bonds is 6. The van der Waals surface area contributed by atoms with Gasteiger partial charge in [-0.1, -0.05) is 54.4 Å². The maximum absolute atomic E-state index is 2.48. The van der Waals surface area contributed by atoms with Gasteiger partial charge in [0.05, 0.1) is 0 Å². The molecule has 90 valence electrons. The van der Waals surface area contributed by atoms with E-state index < -0.39 is 0 Å². The van der Waals surface area contributed by atoms with Crippen molar-refractivity contribution in [1.29, 1.82) is 0 Å². The summed E-state index contributed by atoms with van der Waals surface area (Å²) in [6, 6.07) is 0. The van der Waals surface area contributed by atoms with Crippen LogP contribution in [-0.4, -0.2) is 0 Å². The van der Waals surface area contributed by atoms with Crippen molar-refractivity contribution in [1.82, 2.24) is 0 Å². The van der Waals surface area contributed by atoms with Crippen LogP contribution in [0.4, 0.5) is 0 Å². The van der Waals surface area contributed by atoms with Crippen LogP contribution in [0.15, 0.2) is 0 Å². The molecule has 1 saturated carbocycles. The van der Waals surface area contributed by atoms with Gasteiger partial charge < -0.3 is 0 Å². The van der Waals surface area contributed by atoms with E-state index >= 15 is 0 Å². The minimum Gasteiger partial charge on any atom is -0.0654 e. The summed E-state index contributed by atoms with van der Waals surface area (Å²) in [4.78, 5) is 0. The van der Waals surface area contributed by atoms with Crippen LogP contribution in [0.25, 0.3) is 0 Å². The highest BCUT2D eigenvalue weighted by atomic mass is 14.6. The molecular weight excluding hydrogens is 180 g/mol. The van der Waals surface area contributed by atoms with Crippen LogP contribution in [0.3, 0.4) is 0 Å². The van der Waals surface area contributed by atoms with E-state index in [1.807, 2.05) is 0 Å². The molecule has 0 aliphatic heterocycles. The van der Waals surface area contributed by atoms with Gasteiger partial charge in [0, 0.05) is 0 Å². The van der Waals surface area contributed by atoms with Gasteiger partial charge in [0.1, 0.15) is 0 Å². The lowest BCUT2D eigenvalue weighted by molar-refractivity contribution is 0.192. The summed E-state index contributed by atoms with van der Waals surface area (Å²) in [5.74, 6) is 1.87. The molecular formula is C15H30. The average molecular weight is 210 g/mol. The number of unbranched alkanes of at least 4 members (excludes halogenated alkanes) is 1. The van der Waals surface area contributed by atoms with Crippen molar-refractivity contribution in [2.75, 3.05) is 0 Å². The van der Waals surface area contributed by atoms with E-state index in [1.54, 1.807) is 0 Å². The molecule has 0 heteroatoms. The summed E-state index contributed by atoms with van der Waals surface area (Å²) in [7, 11) is 0. The Balaban J connectivity index is 2.39. The second-order valence-electron chi connectivity index (χ2n) is 6.98. The van der Waals surface area contributed by atoms with Gasteiger partial charge in [-0.3, -0.25) is 0 Å². The van der Waals surface area contributed by atoms with Gasteiger partial charge in [0.15, 0.2) is 0 Å². The Hall–Kier alpha value is 0. The molecule has 0 saturated heterocycles. The Kier molecular flexibility index (Phi) is 3.90. The molecule has 0 radical (unpaired) electrons. The lowest BCUT2D eigenvalue weighted by atomic mass is 9.74. The molecule has 0 bridgehead atoms. The molecule has 0 nitrogen and oxygen atoms in total. The van der Waals surface area contributed by atoms with Crippen LogP contribution >= 0.6 is 0 Å². The topological polar surface area (TPSA) is 0 Å². The zero-order valence-corrected chi connectivity index (χ0v) is 11.7. The van der Waals surface area contributed by atoms with Crippen LogP contribution < -0.4 is 0 Å². The number of hydrogen-bond donors (Lipinski definition) is 0. The fourth-order valence-corrected chi connectivity index (χ4v) is 3.11. The standard InChI is InChI=1S/C15H30/c1-7-8-9-14(4,5)10-12(2)15(6)11-13(15)3/h12-13H,7-11H2,1-6H3. The second-order valence-corrected chi connectivity index (χ2v) is 6.98. The van der Waals surface area contributed by atoms with Gasteiger partial charge in [0.25, 0.3) is 0 Å².